The maximum Gasteiger partial charge on any atom is 0.305 e. The van der Waals surface area contributed by atoms with Crippen LogP contribution in [0.15, 0.2) is 0 Å². The molecule has 0 amide bonds. The molecule has 0 atom stereocenters. The number of esters is 3. The van der Waals surface area contributed by atoms with Crippen LogP contribution >= 0.6 is 0 Å². The Morgan fingerprint density at radius 2 is 0.583 bits per heavy atom. The molecule has 1 N–H and O–H groups in total. The van der Waals surface area contributed by atoms with Gasteiger partial charge >= 0.3 is 17.9 Å². The van der Waals surface area contributed by atoms with Crippen LogP contribution in [0.3, 0.4) is 0 Å². The fourth-order valence-corrected chi connectivity index (χ4v) is 5.92. The van der Waals surface area contributed by atoms with Gasteiger partial charge in [0.05, 0.1) is 12.0 Å². The summed E-state index contributed by atoms with van der Waals surface area (Å²) in [6, 6.07) is 0. The second-order valence-electron chi connectivity index (χ2n) is 14.4. The molecule has 0 spiro atoms. The van der Waals surface area contributed by atoms with Crippen LogP contribution in [0.5, 0.6) is 0 Å². The third-order valence-corrected chi connectivity index (χ3v) is 9.41. The van der Waals surface area contributed by atoms with Crippen molar-refractivity contribution >= 4 is 17.9 Å². The molecule has 7 heteroatoms. The van der Waals surface area contributed by atoms with Crippen LogP contribution in [0.25, 0.3) is 0 Å². The minimum absolute atomic E-state index is 0.156. The van der Waals surface area contributed by atoms with Crippen LogP contribution in [0, 0.1) is 5.41 Å². The van der Waals surface area contributed by atoms with E-state index >= 15 is 0 Å². The van der Waals surface area contributed by atoms with Crippen molar-refractivity contribution in [2.75, 3.05) is 26.4 Å². The lowest BCUT2D eigenvalue weighted by Crippen LogP contribution is -2.42. The zero-order valence-corrected chi connectivity index (χ0v) is 31.9. The van der Waals surface area contributed by atoms with E-state index in [1.54, 1.807) is 0 Å². The Morgan fingerprint density at radius 1 is 0.375 bits per heavy atom. The number of carbonyl (C=O) groups is 3. The lowest BCUT2D eigenvalue weighted by atomic mass is 9.92. The quantitative estimate of drug-likeness (QED) is 0.0395. The van der Waals surface area contributed by atoms with Gasteiger partial charge in [0, 0.05) is 19.3 Å². The van der Waals surface area contributed by atoms with Crippen LogP contribution < -0.4 is 0 Å². The number of ether oxygens (including phenoxy) is 3. The van der Waals surface area contributed by atoms with E-state index in [0.29, 0.717) is 19.3 Å². The van der Waals surface area contributed by atoms with Gasteiger partial charge in [0.2, 0.25) is 0 Å². The molecule has 0 aromatic carbocycles. The fraction of sp³-hybridized carbons (Fsp3) is 0.927. The fourth-order valence-electron chi connectivity index (χ4n) is 5.92. The van der Waals surface area contributed by atoms with E-state index in [9.17, 15) is 19.5 Å². The number of hydrogen-bond donors (Lipinski definition) is 1. The van der Waals surface area contributed by atoms with Crippen molar-refractivity contribution in [1.29, 1.82) is 0 Å². The summed E-state index contributed by atoms with van der Waals surface area (Å²) in [6.45, 7) is 5.78. The minimum Gasteiger partial charge on any atom is -0.465 e. The molecule has 0 radical (unpaired) electrons. The monoisotopic (exact) mass is 683 g/mol. The Labute approximate surface area is 296 Å². The van der Waals surface area contributed by atoms with E-state index < -0.39 is 12.0 Å². The maximum absolute atomic E-state index is 12.6. The highest BCUT2D eigenvalue weighted by atomic mass is 16.6. The number of aliphatic hydroxyl groups is 1. The van der Waals surface area contributed by atoms with Gasteiger partial charge in [-0.1, -0.05) is 175 Å². The molecule has 0 saturated heterocycles. The molecule has 0 aromatic heterocycles. The highest BCUT2D eigenvalue weighted by Gasteiger charge is 2.35. The normalized spacial score (nSPS) is 11.5. The first kappa shape index (κ1) is 46.4. The summed E-state index contributed by atoms with van der Waals surface area (Å²) >= 11 is 0. The first-order chi connectivity index (χ1) is 23.4. The van der Waals surface area contributed by atoms with E-state index in [2.05, 4.69) is 20.8 Å². The maximum atomic E-state index is 12.6. The van der Waals surface area contributed by atoms with Gasteiger partial charge in [-0.2, -0.15) is 0 Å². The lowest BCUT2D eigenvalue weighted by Gasteiger charge is -2.30. The van der Waals surface area contributed by atoms with Crippen LogP contribution in [-0.2, 0) is 28.6 Å². The number of carbonyl (C=O) groups excluding carboxylic acids is 3. The van der Waals surface area contributed by atoms with Crippen molar-refractivity contribution in [2.24, 2.45) is 5.41 Å². The van der Waals surface area contributed by atoms with E-state index in [1.165, 1.54) is 116 Å². The average molecular weight is 683 g/mol. The third-order valence-electron chi connectivity index (χ3n) is 9.41. The second kappa shape index (κ2) is 35.2. The predicted molar refractivity (Wildman–Crippen MR) is 198 cm³/mol. The van der Waals surface area contributed by atoms with Crippen LogP contribution in [0.2, 0.25) is 0 Å². The molecule has 0 aliphatic heterocycles. The van der Waals surface area contributed by atoms with Crippen molar-refractivity contribution in [1.82, 2.24) is 0 Å². The Morgan fingerprint density at radius 3 is 0.792 bits per heavy atom. The van der Waals surface area contributed by atoms with Gasteiger partial charge in [-0.05, 0) is 19.3 Å². The van der Waals surface area contributed by atoms with Crippen LogP contribution in [0.1, 0.15) is 213 Å². The van der Waals surface area contributed by atoms with Gasteiger partial charge in [0.15, 0.2) is 0 Å². The molecule has 0 aromatic rings. The Bertz CT molecular complexity index is 645. The molecule has 0 unspecified atom stereocenters. The zero-order valence-electron chi connectivity index (χ0n) is 31.9. The Balaban J connectivity index is 4.65. The molecule has 0 aliphatic rings. The van der Waals surface area contributed by atoms with Crippen LogP contribution in [0.4, 0.5) is 0 Å². The molecule has 0 bridgehead atoms. The van der Waals surface area contributed by atoms with E-state index in [0.717, 1.165) is 57.8 Å². The number of rotatable bonds is 37. The molecule has 0 aliphatic carbocycles. The van der Waals surface area contributed by atoms with Crippen molar-refractivity contribution in [3.63, 3.8) is 0 Å². The Kier molecular flexibility index (Phi) is 34.0. The zero-order chi connectivity index (χ0) is 35.4. The van der Waals surface area contributed by atoms with Crippen molar-refractivity contribution in [3.8, 4) is 0 Å². The van der Waals surface area contributed by atoms with Gasteiger partial charge in [0.25, 0.3) is 0 Å². The highest BCUT2D eigenvalue weighted by molar-refractivity contribution is 5.70. The topological polar surface area (TPSA) is 99.1 Å². The van der Waals surface area contributed by atoms with Crippen molar-refractivity contribution in [3.05, 3.63) is 0 Å². The largest absolute Gasteiger partial charge is 0.465 e. The SMILES string of the molecule is CCCCCCCCCCCC(=O)OCC(CO)(COC(=O)CCCCCCCCCCC)COC(=O)CCCCCCCCCCC. The number of unbranched alkanes of at least 4 members (excludes halogenated alkanes) is 24. The van der Waals surface area contributed by atoms with Gasteiger partial charge in [-0.3, -0.25) is 14.4 Å². The molecular weight excluding hydrogens is 604 g/mol. The highest BCUT2D eigenvalue weighted by Crippen LogP contribution is 2.22. The summed E-state index contributed by atoms with van der Waals surface area (Å²) < 4.78 is 16.7. The van der Waals surface area contributed by atoms with Gasteiger partial charge in [0.1, 0.15) is 19.8 Å². The third kappa shape index (κ3) is 30.4. The van der Waals surface area contributed by atoms with Crippen molar-refractivity contribution < 1.29 is 33.7 Å². The molecule has 284 valence electrons. The number of hydrogen-bond acceptors (Lipinski definition) is 7. The van der Waals surface area contributed by atoms with Crippen LogP contribution in [-0.4, -0.2) is 49.4 Å². The summed E-state index contributed by atoms with van der Waals surface area (Å²) in [6.07, 6.45) is 32.3. The van der Waals surface area contributed by atoms with Gasteiger partial charge in [-0.15, -0.1) is 0 Å². The average Bonchev–Trinajstić information content (AvgIpc) is 3.09. The molecule has 0 heterocycles. The molecule has 48 heavy (non-hydrogen) atoms. The Hall–Kier alpha value is -1.63. The molecule has 7 nitrogen and oxygen atoms in total. The van der Waals surface area contributed by atoms with Crippen molar-refractivity contribution in [2.45, 2.75) is 213 Å². The summed E-state index contributed by atoms with van der Waals surface area (Å²) in [4.78, 5) is 37.7. The molecule has 0 fully saturated rings. The second-order valence-corrected chi connectivity index (χ2v) is 14.4. The smallest absolute Gasteiger partial charge is 0.305 e. The number of aliphatic hydroxyl groups excluding tert-OH is 1. The standard InChI is InChI=1S/C41H78O7/c1-4-7-10-13-16-19-22-25-28-31-38(43)46-35-41(34-42,36-47-39(44)32-29-26-23-20-17-14-11-8-5-2)37-48-40(45)33-30-27-24-21-18-15-12-9-6-3/h42H,4-37H2,1-3H3. The van der Waals surface area contributed by atoms with E-state index in [-0.39, 0.29) is 37.7 Å². The predicted octanol–water partition coefficient (Wildman–Crippen LogP) is 11.4. The van der Waals surface area contributed by atoms with E-state index in [4.69, 9.17) is 14.2 Å². The summed E-state index contributed by atoms with van der Waals surface area (Å²) in [5.41, 5.74) is -1.17. The summed E-state index contributed by atoms with van der Waals surface area (Å²) in [5, 5.41) is 10.4. The first-order valence-electron chi connectivity index (χ1n) is 20.5. The minimum atomic E-state index is -1.17. The molecule has 0 rings (SSSR count). The van der Waals surface area contributed by atoms with Gasteiger partial charge < -0.3 is 19.3 Å². The first-order valence-corrected chi connectivity index (χ1v) is 20.5. The van der Waals surface area contributed by atoms with Gasteiger partial charge in [-0.25, -0.2) is 0 Å². The van der Waals surface area contributed by atoms with E-state index in [1.807, 2.05) is 0 Å². The molecule has 0 saturated carbocycles. The summed E-state index contributed by atoms with van der Waals surface area (Å²) in [5.74, 6) is -1.01. The summed E-state index contributed by atoms with van der Waals surface area (Å²) in [7, 11) is 0. The molecular formula is C41H78O7. The lowest BCUT2D eigenvalue weighted by molar-refractivity contribution is -0.165.